The second kappa shape index (κ2) is 9.09. The predicted molar refractivity (Wildman–Crippen MR) is 74.5 cm³/mol. The van der Waals surface area contributed by atoms with Gasteiger partial charge in [-0.05, 0) is 25.4 Å². The van der Waals surface area contributed by atoms with Crippen LogP contribution in [0.3, 0.4) is 0 Å². The molecular weight excluding hydrogens is 230 g/mol. The topological polar surface area (TPSA) is 55.4 Å². The van der Waals surface area contributed by atoms with Gasteiger partial charge in [0, 0.05) is 5.41 Å². The van der Waals surface area contributed by atoms with Crippen LogP contribution >= 0.6 is 0 Å². The first-order valence-corrected chi connectivity index (χ1v) is 6.32. The van der Waals surface area contributed by atoms with Crippen molar-refractivity contribution in [2.75, 3.05) is 20.7 Å². The maximum atomic E-state index is 11.1. The van der Waals surface area contributed by atoms with Gasteiger partial charge in [0.2, 0.25) is 0 Å². The molecule has 0 aliphatic heterocycles. The quantitative estimate of drug-likeness (QED) is 0.588. The number of esters is 1. The maximum absolute atomic E-state index is 11.1. The lowest BCUT2D eigenvalue weighted by Gasteiger charge is -2.30. The molecule has 0 aromatic rings. The van der Waals surface area contributed by atoms with E-state index >= 15 is 0 Å². The first kappa shape index (κ1) is 19.4. The van der Waals surface area contributed by atoms with Gasteiger partial charge in [-0.2, -0.15) is 0 Å². The Kier molecular flexibility index (Phi) is 9.81. The van der Waals surface area contributed by atoms with Crippen molar-refractivity contribution >= 4 is 12.3 Å². The number of methoxy groups -OCH3 is 1. The van der Waals surface area contributed by atoms with Crippen LogP contribution in [0.4, 0.5) is 0 Å². The highest BCUT2D eigenvalue weighted by atomic mass is 16.5. The SMILES string of the molecule is CCNC.COC(=O)CC(C)(C)CC(C)(C)C=O. The average molecular weight is 259 g/mol. The first-order valence-electron chi connectivity index (χ1n) is 6.32. The minimum atomic E-state index is -0.377. The fourth-order valence-corrected chi connectivity index (χ4v) is 1.80. The van der Waals surface area contributed by atoms with Gasteiger partial charge in [-0.1, -0.05) is 34.6 Å². The molecule has 0 radical (unpaired) electrons. The van der Waals surface area contributed by atoms with E-state index in [0.717, 1.165) is 12.8 Å². The standard InChI is InChI=1S/C11H20O3.C3H9N/c1-10(2,6-9(13)14-5)7-11(3,4)8-12;1-3-4-2/h8H,6-7H2,1-5H3;4H,3H2,1-2H3. The molecule has 0 saturated heterocycles. The van der Waals surface area contributed by atoms with Crippen LogP contribution < -0.4 is 5.32 Å². The van der Waals surface area contributed by atoms with Crippen LogP contribution in [0.25, 0.3) is 0 Å². The van der Waals surface area contributed by atoms with Crippen molar-refractivity contribution < 1.29 is 14.3 Å². The second-order valence-electron chi connectivity index (χ2n) is 5.91. The summed E-state index contributed by atoms with van der Waals surface area (Å²) in [4.78, 5) is 21.8. The van der Waals surface area contributed by atoms with E-state index in [1.165, 1.54) is 7.11 Å². The fraction of sp³-hybridized carbons (Fsp3) is 0.857. The Morgan fingerprint density at radius 1 is 1.28 bits per heavy atom. The number of rotatable bonds is 6. The number of carbonyl (C=O) groups excluding carboxylic acids is 2. The Labute approximate surface area is 111 Å². The Balaban J connectivity index is 0. The van der Waals surface area contributed by atoms with Gasteiger partial charge in [0.05, 0.1) is 13.5 Å². The summed E-state index contributed by atoms with van der Waals surface area (Å²) < 4.78 is 4.61. The second-order valence-corrected chi connectivity index (χ2v) is 5.91. The highest BCUT2D eigenvalue weighted by Gasteiger charge is 2.30. The van der Waals surface area contributed by atoms with Crippen molar-refractivity contribution in [3.05, 3.63) is 0 Å². The van der Waals surface area contributed by atoms with Crippen LogP contribution in [-0.2, 0) is 14.3 Å². The van der Waals surface area contributed by atoms with E-state index in [9.17, 15) is 9.59 Å². The summed E-state index contributed by atoms with van der Waals surface area (Å²) in [7, 11) is 3.31. The van der Waals surface area contributed by atoms with Gasteiger partial charge < -0.3 is 14.8 Å². The van der Waals surface area contributed by atoms with Crippen LogP contribution in [-0.4, -0.2) is 33.0 Å². The van der Waals surface area contributed by atoms with Gasteiger partial charge in [0.25, 0.3) is 0 Å². The van der Waals surface area contributed by atoms with Crippen LogP contribution in [0.1, 0.15) is 47.5 Å². The van der Waals surface area contributed by atoms with Gasteiger partial charge in [-0.25, -0.2) is 0 Å². The van der Waals surface area contributed by atoms with Crippen LogP contribution in [0.2, 0.25) is 0 Å². The van der Waals surface area contributed by atoms with Gasteiger partial charge >= 0.3 is 5.97 Å². The number of ether oxygens (including phenoxy) is 1. The molecule has 0 aromatic heterocycles. The zero-order valence-electron chi connectivity index (χ0n) is 12.9. The van der Waals surface area contributed by atoms with E-state index in [1.54, 1.807) is 0 Å². The van der Waals surface area contributed by atoms with E-state index < -0.39 is 0 Å². The third-order valence-electron chi connectivity index (χ3n) is 2.46. The molecule has 0 aliphatic rings. The lowest BCUT2D eigenvalue weighted by atomic mass is 9.74. The zero-order valence-corrected chi connectivity index (χ0v) is 12.9. The highest BCUT2D eigenvalue weighted by Crippen LogP contribution is 2.34. The third kappa shape index (κ3) is 11.6. The average Bonchev–Trinajstić information content (AvgIpc) is 2.27. The summed E-state index contributed by atoms with van der Waals surface area (Å²) in [6, 6.07) is 0. The van der Waals surface area contributed by atoms with Crippen LogP contribution in [0.5, 0.6) is 0 Å². The van der Waals surface area contributed by atoms with E-state index in [0.29, 0.717) is 12.8 Å². The van der Waals surface area contributed by atoms with Crippen molar-refractivity contribution in [3.63, 3.8) is 0 Å². The molecule has 0 bridgehead atoms. The molecule has 0 atom stereocenters. The van der Waals surface area contributed by atoms with Gasteiger partial charge in [0.1, 0.15) is 6.29 Å². The summed E-state index contributed by atoms with van der Waals surface area (Å²) in [6.45, 7) is 10.8. The summed E-state index contributed by atoms with van der Waals surface area (Å²) >= 11 is 0. The minimum absolute atomic E-state index is 0.197. The molecule has 0 aliphatic carbocycles. The zero-order chi connectivity index (χ0) is 14.8. The number of hydrogen-bond donors (Lipinski definition) is 1. The maximum Gasteiger partial charge on any atom is 0.306 e. The molecule has 0 unspecified atom stereocenters. The summed E-state index contributed by atoms with van der Waals surface area (Å²) in [6.07, 6.45) is 1.96. The van der Waals surface area contributed by atoms with Gasteiger partial charge in [-0.15, -0.1) is 0 Å². The summed E-state index contributed by atoms with van der Waals surface area (Å²) in [5.41, 5.74) is -0.574. The van der Waals surface area contributed by atoms with E-state index in [2.05, 4.69) is 17.0 Å². The fourth-order valence-electron chi connectivity index (χ4n) is 1.80. The Morgan fingerprint density at radius 3 is 2.00 bits per heavy atom. The smallest absolute Gasteiger partial charge is 0.306 e. The molecule has 4 heteroatoms. The van der Waals surface area contributed by atoms with Gasteiger partial charge in [-0.3, -0.25) is 4.79 Å². The van der Waals surface area contributed by atoms with Crippen molar-refractivity contribution in [1.82, 2.24) is 5.32 Å². The molecule has 0 spiro atoms. The van der Waals surface area contributed by atoms with E-state index in [1.807, 2.05) is 34.7 Å². The number of carbonyl (C=O) groups is 2. The molecule has 0 saturated carbocycles. The normalized spacial score (nSPS) is 11.3. The molecule has 18 heavy (non-hydrogen) atoms. The van der Waals surface area contributed by atoms with Crippen LogP contribution in [0, 0.1) is 10.8 Å². The molecule has 0 rings (SSSR count). The third-order valence-corrected chi connectivity index (χ3v) is 2.46. The monoisotopic (exact) mass is 259 g/mol. The van der Waals surface area contributed by atoms with Crippen molar-refractivity contribution in [1.29, 1.82) is 0 Å². The molecule has 0 aromatic carbocycles. The minimum Gasteiger partial charge on any atom is -0.469 e. The Hall–Kier alpha value is -0.900. The van der Waals surface area contributed by atoms with E-state index in [4.69, 9.17) is 0 Å². The molecule has 0 heterocycles. The molecule has 108 valence electrons. The predicted octanol–water partition coefficient (Wildman–Crippen LogP) is 2.42. The molecule has 4 nitrogen and oxygen atoms in total. The Morgan fingerprint density at radius 2 is 1.72 bits per heavy atom. The van der Waals surface area contributed by atoms with Crippen molar-refractivity contribution in [2.24, 2.45) is 10.8 Å². The van der Waals surface area contributed by atoms with E-state index in [-0.39, 0.29) is 16.8 Å². The lowest BCUT2D eigenvalue weighted by Crippen LogP contribution is -2.27. The largest absolute Gasteiger partial charge is 0.469 e. The highest BCUT2D eigenvalue weighted by molar-refractivity contribution is 5.70. The lowest BCUT2D eigenvalue weighted by molar-refractivity contribution is -0.143. The Bertz CT molecular complexity index is 245. The molecule has 0 fully saturated rings. The van der Waals surface area contributed by atoms with Crippen molar-refractivity contribution in [3.8, 4) is 0 Å². The number of aldehydes is 1. The molecule has 1 N–H and O–H groups in total. The first-order chi connectivity index (χ1) is 8.14. The molecule has 0 amide bonds. The summed E-state index contributed by atoms with van der Waals surface area (Å²) in [5.74, 6) is -0.225. The molecular formula is C14H29NO3. The number of hydrogen-bond acceptors (Lipinski definition) is 4. The summed E-state index contributed by atoms with van der Waals surface area (Å²) in [5, 5.41) is 2.93. The van der Waals surface area contributed by atoms with Crippen molar-refractivity contribution in [2.45, 2.75) is 47.5 Å². The van der Waals surface area contributed by atoms with Gasteiger partial charge in [0.15, 0.2) is 0 Å². The number of nitrogens with one attached hydrogen (secondary N) is 1. The van der Waals surface area contributed by atoms with Crippen LogP contribution in [0.15, 0.2) is 0 Å².